The zero-order chi connectivity index (χ0) is 18.1. The molecule has 2 aromatic rings. The van der Waals surface area contributed by atoms with Crippen molar-refractivity contribution in [1.29, 1.82) is 0 Å². The molecule has 0 spiro atoms. The molecule has 1 heterocycles. The SMILES string of the molecule is CNc1nc(Nc2ccc(S(C)(=O)=O)cc2Cl)ncc1C(F)(F)F. The molecule has 0 saturated heterocycles. The van der Waals surface area contributed by atoms with Gasteiger partial charge < -0.3 is 10.6 Å². The average Bonchev–Trinajstić information content (AvgIpc) is 2.47. The van der Waals surface area contributed by atoms with Gasteiger partial charge in [0.25, 0.3) is 0 Å². The summed E-state index contributed by atoms with van der Waals surface area (Å²) in [4.78, 5) is 7.35. The highest BCUT2D eigenvalue weighted by molar-refractivity contribution is 7.90. The summed E-state index contributed by atoms with van der Waals surface area (Å²) in [7, 11) is -2.13. The van der Waals surface area contributed by atoms with Crippen LogP contribution in [0.3, 0.4) is 0 Å². The second-order valence-corrected chi connectivity index (χ2v) is 7.17. The molecule has 0 radical (unpaired) electrons. The van der Waals surface area contributed by atoms with Crippen LogP contribution in [0.2, 0.25) is 5.02 Å². The molecule has 0 aliphatic rings. The number of benzene rings is 1. The molecule has 0 saturated carbocycles. The summed E-state index contributed by atoms with van der Waals surface area (Å²) in [5, 5.41) is 5.06. The quantitative estimate of drug-likeness (QED) is 0.846. The van der Waals surface area contributed by atoms with Crippen LogP contribution in [0.15, 0.2) is 29.3 Å². The highest BCUT2D eigenvalue weighted by Crippen LogP contribution is 2.34. The number of nitrogens with one attached hydrogen (secondary N) is 2. The second-order valence-electron chi connectivity index (χ2n) is 4.74. The Balaban J connectivity index is 2.35. The van der Waals surface area contributed by atoms with E-state index in [-0.39, 0.29) is 21.6 Å². The number of anilines is 3. The molecule has 0 atom stereocenters. The highest BCUT2D eigenvalue weighted by atomic mass is 35.5. The Morgan fingerprint density at radius 3 is 2.42 bits per heavy atom. The lowest BCUT2D eigenvalue weighted by atomic mass is 10.3. The monoisotopic (exact) mass is 380 g/mol. The van der Waals surface area contributed by atoms with Crippen molar-refractivity contribution in [2.24, 2.45) is 0 Å². The maximum absolute atomic E-state index is 12.8. The average molecular weight is 381 g/mol. The minimum Gasteiger partial charge on any atom is -0.372 e. The van der Waals surface area contributed by atoms with Crippen molar-refractivity contribution < 1.29 is 21.6 Å². The molecule has 2 rings (SSSR count). The van der Waals surface area contributed by atoms with Crippen LogP contribution in [-0.2, 0) is 16.0 Å². The Morgan fingerprint density at radius 2 is 1.92 bits per heavy atom. The van der Waals surface area contributed by atoms with Crippen molar-refractivity contribution in [1.82, 2.24) is 9.97 Å². The molecular weight excluding hydrogens is 369 g/mol. The summed E-state index contributed by atoms with van der Waals surface area (Å²) in [6.45, 7) is 0. The van der Waals surface area contributed by atoms with E-state index in [4.69, 9.17) is 11.6 Å². The number of hydrogen-bond donors (Lipinski definition) is 2. The van der Waals surface area contributed by atoms with E-state index in [1.54, 1.807) is 0 Å². The third-order valence-electron chi connectivity index (χ3n) is 2.95. The second kappa shape index (κ2) is 6.44. The number of nitrogens with zero attached hydrogens (tertiary/aromatic N) is 2. The van der Waals surface area contributed by atoms with Gasteiger partial charge in [-0.15, -0.1) is 0 Å². The van der Waals surface area contributed by atoms with Crippen molar-refractivity contribution in [2.75, 3.05) is 23.9 Å². The zero-order valence-corrected chi connectivity index (χ0v) is 14.0. The van der Waals surface area contributed by atoms with Crippen LogP contribution >= 0.6 is 11.6 Å². The maximum atomic E-state index is 12.8. The fraction of sp³-hybridized carbons (Fsp3) is 0.231. The first kappa shape index (κ1) is 18.3. The molecule has 0 unspecified atom stereocenters. The van der Waals surface area contributed by atoms with Gasteiger partial charge in [-0.05, 0) is 18.2 Å². The van der Waals surface area contributed by atoms with E-state index in [0.29, 0.717) is 6.20 Å². The van der Waals surface area contributed by atoms with Gasteiger partial charge in [0.2, 0.25) is 5.95 Å². The number of aromatic nitrogens is 2. The summed E-state index contributed by atoms with van der Waals surface area (Å²) >= 11 is 5.98. The van der Waals surface area contributed by atoms with E-state index >= 15 is 0 Å². The van der Waals surface area contributed by atoms with Crippen LogP contribution in [-0.4, -0.2) is 31.7 Å². The lowest BCUT2D eigenvalue weighted by Crippen LogP contribution is -2.12. The van der Waals surface area contributed by atoms with Crippen LogP contribution in [0.4, 0.5) is 30.6 Å². The number of alkyl halides is 3. The molecule has 0 aliphatic heterocycles. The largest absolute Gasteiger partial charge is 0.421 e. The number of halogens is 4. The van der Waals surface area contributed by atoms with Crippen LogP contribution in [0.25, 0.3) is 0 Å². The molecule has 130 valence electrons. The maximum Gasteiger partial charge on any atom is 0.421 e. The van der Waals surface area contributed by atoms with Gasteiger partial charge in [-0.3, -0.25) is 0 Å². The summed E-state index contributed by atoms with van der Waals surface area (Å²) < 4.78 is 61.3. The molecule has 6 nitrogen and oxygen atoms in total. The van der Waals surface area contributed by atoms with E-state index < -0.39 is 27.4 Å². The van der Waals surface area contributed by atoms with Crippen LogP contribution in [0, 0.1) is 0 Å². The highest BCUT2D eigenvalue weighted by Gasteiger charge is 2.35. The third-order valence-corrected chi connectivity index (χ3v) is 4.37. The first-order chi connectivity index (χ1) is 11.0. The normalized spacial score (nSPS) is 12.1. The molecule has 1 aromatic heterocycles. The van der Waals surface area contributed by atoms with Gasteiger partial charge in [-0.25, -0.2) is 13.4 Å². The Labute approximate surface area is 141 Å². The van der Waals surface area contributed by atoms with Crippen LogP contribution < -0.4 is 10.6 Å². The summed E-state index contributed by atoms with van der Waals surface area (Å²) in [6, 6.07) is 3.91. The molecule has 0 aliphatic carbocycles. The molecule has 1 aromatic carbocycles. The Morgan fingerprint density at radius 1 is 1.25 bits per heavy atom. The molecule has 24 heavy (non-hydrogen) atoms. The Kier molecular flexibility index (Phi) is 4.90. The van der Waals surface area contributed by atoms with Gasteiger partial charge in [0, 0.05) is 19.5 Å². The van der Waals surface area contributed by atoms with Gasteiger partial charge in [0.15, 0.2) is 9.84 Å². The number of sulfone groups is 1. The molecule has 0 amide bonds. The van der Waals surface area contributed by atoms with Crippen molar-refractivity contribution >= 4 is 38.9 Å². The summed E-state index contributed by atoms with van der Waals surface area (Å²) in [5.74, 6) is -0.523. The van der Waals surface area contributed by atoms with Gasteiger partial charge in [-0.2, -0.15) is 18.2 Å². The number of hydrogen-bond acceptors (Lipinski definition) is 6. The fourth-order valence-corrected chi connectivity index (χ4v) is 2.73. The predicted molar refractivity (Wildman–Crippen MR) is 84.4 cm³/mol. The van der Waals surface area contributed by atoms with Gasteiger partial charge in [0.1, 0.15) is 11.4 Å². The third kappa shape index (κ3) is 4.06. The zero-order valence-electron chi connectivity index (χ0n) is 12.4. The lowest BCUT2D eigenvalue weighted by molar-refractivity contribution is -0.137. The van der Waals surface area contributed by atoms with E-state index in [1.165, 1.54) is 25.2 Å². The fourth-order valence-electron chi connectivity index (χ4n) is 1.79. The first-order valence-corrected chi connectivity index (χ1v) is 8.68. The summed E-state index contributed by atoms with van der Waals surface area (Å²) in [6.07, 6.45) is -2.92. The molecule has 0 fully saturated rings. The van der Waals surface area contributed by atoms with Gasteiger partial charge >= 0.3 is 6.18 Å². The van der Waals surface area contributed by atoms with E-state index in [9.17, 15) is 21.6 Å². The number of rotatable bonds is 4. The van der Waals surface area contributed by atoms with E-state index in [2.05, 4.69) is 20.6 Å². The van der Waals surface area contributed by atoms with E-state index in [0.717, 1.165) is 6.26 Å². The van der Waals surface area contributed by atoms with Crippen molar-refractivity contribution in [2.45, 2.75) is 11.1 Å². The first-order valence-electron chi connectivity index (χ1n) is 6.41. The molecule has 11 heteroatoms. The predicted octanol–water partition coefficient (Wildman–Crippen LogP) is 3.34. The molecular formula is C13H12ClF3N4O2S. The topological polar surface area (TPSA) is 84.0 Å². The standard InChI is InChI=1S/C13H12ClF3N4O2S/c1-18-11-8(13(15,16)17)6-19-12(21-11)20-10-4-3-7(5-9(10)14)24(2,22)23/h3-6H,1-2H3,(H2,18,19,20,21). The summed E-state index contributed by atoms with van der Waals surface area (Å²) in [5.41, 5.74) is -0.750. The smallest absolute Gasteiger partial charge is 0.372 e. The van der Waals surface area contributed by atoms with E-state index in [1.807, 2.05) is 0 Å². The van der Waals surface area contributed by atoms with Gasteiger partial charge in [-0.1, -0.05) is 11.6 Å². The Bertz CT molecular complexity index is 872. The van der Waals surface area contributed by atoms with Crippen molar-refractivity contribution in [3.8, 4) is 0 Å². The van der Waals surface area contributed by atoms with Crippen molar-refractivity contribution in [3.05, 3.63) is 35.0 Å². The Hall–Kier alpha value is -2.07. The molecule has 2 N–H and O–H groups in total. The minimum atomic E-state index is -4.59. The lowest BCUT2D eigenvalue weighted by Gasteiger charge is -2.13. The van der Waals surface area contributed by atoms with Gasteiger partial charge in [0.05, 0.1) is 15.6 Å². The van der Waals surface area contributed by atoms with Crippen LogP contribution in [0.1, 0.15) is 5.56 Å². The minimum absolute atomic E-state index is 0.0160. The molecule has 0 bridgehead atoms. The van der Waals surface area contributed by atoms with Crippen LogP contribution in [0.5, 0.6) is 0 Å². The van der Waals surface area contributed by atoms with Crippen molar-refractivity contribution in [3.63, 3.8) is 0 Å².